The highest BCUT2D eigenvalue weighted by Crippen LogP contribution is 2.20. The molecule has 0 fully saturated rings. The van der Waals surface area contributed by atoms with Crippen LogP contribution in [0, 0.1) is 6.92 Å². The van der Waals surface area contributed by atoms with Gasteiger partial charge in [-0.15, -0.1) is 0 Å². The zero-order valence-electron chi connectivity index (χ0n) is 10.0. The molecule has 9 heteroatoms. The Morgan fingerprint density at radius 1 is 1.47 bits per heavy atom. The number of hydrogen-bond donors (Lipinski definition) is 3. The Balaban J connectivity index is 2.37. The normalized spacial score (nSPS) is 11.5. The molecular weight excluding hydrogens is 334 g/mol. The van der Waals surface area contributed by atoms with Crippen LogP contribution < -0.4 is 10.5 Å². The van der Waals surface area contributed by atoms with E-state index in [1.54, 1.807) is 13.0 Å². The number of anilines is 1. The highest BCUT2D eigenvalue weighted by molar-refractivity contribution is 9.10. The van der Waals surface area contributed by atoms with E-state index in [0.717, 1.165) is 4.47 Å². The first-order valence-corrected chi connectivity index (χ1v) is 7.59. The van der Waals surface area contributed by atoms with Crippen molar-refractivity contribution in [1.29, 1.82) is 0 Å². The molecule has 102 valence electrons. The zero-order chi connectivity index (χ0) is 14.0. The van der Waals surface area contributed by atoms with Crippen LogP contribution in [0.3, 0.4) is 0 Å². The van der Waals surface area contributed by atoms with Gasteiger partial charge in [-0.1, -0.05) is 0 Å². The van der Waals surface area contributed by atoms with Gasteiger partial charge in [0.1, 0.15) is 5.82 Å². The molecule has 0 unspecified atom stereocenters. The molecule has 0 atom stereocenters. The lowest BCUT2D eigenvalue weighted by Gasteiger charge is -2.09. The summed E-state index contributed by atoms with van der Waals surface area (Å²) in [5, 5.41) is 6.07. The summed E-state index contributed by atoms with van der Waals surface area (Å²) in [6, 6.07) is 1.77. The molecule has 2 rings (SSSR count). The van der Waals surface area contributed by atoms with E-state index in [2.05, 4.69) is 35.8 Å². The quantitative estimate of drug-likeness (QED) is 0.768. The van der Waals surface area contributed by atoms with Gasteiger partial charge in [0.05, 0.1) is 6.20 Å². The molecule has 0 bridgehead atoms. The second-order valence-corrected chi connectivity index (χ2v) is 6.39. The van der Waals surface area contributed by atoms with Crippen LogP contribution in [0.25, 0.3) is 0 Å². The van der Waals surface area contributed by atoms with Gasteiger partial charge in [0.2, 0.25) is 0 Å². The third-order valence-corrected chi connectivity index (χ3v) is 4.23. The molecule has 0 saturated heterocycles. The SMILES string of the molecule is Cc1cc(Br)cnc1NS(=O)(=O)c1[nH]ncc1CN. The highest BCUT2D eigenvalue weighted by Gasteiger charge is 2.21. The minimum Gasteiger partial charge on any atom is -0.326 e. The van der Waals surface area contributed by atoms with Crippen molar-refractivity contribution in [3.8, 4) is 0 Å². The van der Waals surface area contributed by atoms with Gasteiger partial charge >= 0.3 is 0 Å². The van der Waals surface area contributed by atoms with Crippen molar-refractivity contribution < 1.29 is 8.42 Å². The van der Waals surface area contributed by atoms with Gasteiger partial charge in [0.15, 0.2) is 5.03 Å². The topological polar surface area (TPSA) is 114 Å². The van der Waals surface area contributed by atoms with Crippen LogP contribution in [0.2, 0.25) is 0 Å². The zero-order valence-corrected chi connectivity index (χ0v) is 12.4. The van der Waals surface area contributed by atoms with Crippen molar-refractivity contribution in [1.82, 2.24) is 15.2 Å². The summed E-state index contributed by atoms with van der Waals surface area (Å²) in [5.74, 6) is 0.265. The molecule has 0 aliphatic heterocycles. The Morgan fingerprint density at radius 2 is 2.21 bits per heavy atom. The summed E-state index contributed by atoms with van der Waals surface area (Å²) >= 11 is 3.27. The highest BCUT2D eigenvalue weighted by atomic mass is 79.9. The molecule has 0 spiro atoms. The van der Waals surface area contributed by atoms with Gasteiger partial charge in [-0.3, -0.25) is 9.82 Å². The minimum atomic E-state index is -3.77. The van der Waals surface area contributed by atoms with Crippen molar-refractivity contribution in [2.24, 2.45) is 5.73 Å². The van der Waals surface area contributed by atoms with Gasteiger partial charge in [0, 0.05) is 22.8 Å². The van der Waals surface area contributed by atoms with Crippen LogP contribution in [0.15, 0.2) is 28.0 Å². The van der Waals surface area contributed by atoms with Gasteiger partial charge in [-0.2, -0.15) is 13.5 Å². The number of aromatic amines is 1. The van der Waals surface area contributed by atoms with E-state index in [4.69, 9.17) is 5.73 Å². The fourth-order valence-electron chi connectivity index (χ4n) is 1.50. The number of aryl methyl sites for hydroxylation is 1. The monoisotopic (exact) mass is 345 g/mol. The number of nitrogens with two attached hydrogens (primary N) is 1. The average molecular weight is 346 g/mol. The van der Waals surface area contributed by atoms with Gasteiger partial charge in [-0.05, 0) is 34.5 Å². The van der Waals surface area contributed by atoms with Crippen molar-refractivity contribution in [3.05, 3.63) is 34.1 Å². The van der Waals surface area contributed by atoms with Gasteiger partial charge in [0.25, 0.3) is 10.0 Å². The van der Waals surface area contributed by atoms with Crippen LogP contribution in [-0.4, -0.2) is 23.6 Å². The first kappa shape index (κ1) is 14.0. The summed E-state index contributed by atoms with van der Waals surface area (Å²) < 4.78 is 27.6. The van der Waals surface area contributed by atoms with Crippen LogP contribution in [-0.2, 0) is 16.6 Å². The molecule has 0 aliphatic carbocycles. The summed E-state index contributed by atoms with van der Waals surface area (Å²) in [5.41, 5.74) is 6.58. The predicted molar refractivity (Wildman–Crippen MR) is 74.0 cm³/mol. The lowest BCUT2D eigenvalue weighted by molar-refractivity contribution is 0.595. The Hall–Kier alpha value is -1.45. The Kier molecular flexibility index (Phi) is 3.88. The summed E-state index contributed by atoms with van der Waals surface area (Å²) in [6.07, 6.45) is 2.90. The van der Waals surface area contributed by atoms with E-state index in [1.807, 2.05) is 0 Å². The second kappa shape index (κ2) is 5.27. The van der Waals surface area contributed by atoms with Crippen molar-refractivity contribution >= 4 is 31.8 Å². The number of rotatable bonds is 4. The van der Waals surface area contributed by atoms with E-state index in [1.165, 1.54) is 12.4 Å². The Morgan fingerprint density at radius 3 is 2.84 bits per heavy atom. The van der Waals surface area contributed by atoms with Crippen molar-refractivity contribution in [2.75, 3.05) is 4.72 Å². The molecule has 0 amide bonds. The molecule has 0 saturated carbocycles. The maximum atomic E-state index is 12.2. The standard InChI is InChI=1S/C10H12BrN5O2S/c1-6-2-8(11)5-13-9(6)16-19(17,18)10-7(3-12)4-14-15-10/h2,4-5H,3,12H2,1H3,(H,13,16)(H,14,15). The smallest absolute Gasteiger partial charge is 0.280 e. The number of sulfonamides is 1. The fraction of sp³-hybridized carbons (Fsp3) is 0.200. The first-order valence-electron chi connectivity index (χ1n) is 5.31. The van der Waals surface area contributed by atoms with E-state index < -0.39 is 10.0 Å². The maximum absolute atomic E-state index is 12.2. The molecule has 4 N–H and O–H groups in total. The molecule has 7 nitrogen and oxygen atoms in total. The van der Waals surface area contributed by atoms with E-state index in [-0.39, 0.29) is 17.4 Å². The lowest BCUT2D eigenvalue weighted by atomic mass is 10.3. The number of hydrogen-bond acceptors (Lipinski definition) is 5. The van der Waals surface area contributed by atoms with E-state index in [9.17, 15) is 8.42 Å². The second-order valence-electron chi connectivity index (χ2n) is 3.85. The molecule has 2 aromatic heterocycles. The van der Waals surface area contributed by atoms with Gasteiger partial charge < -0.3 is 5.73 Å². The molecule has 2 aromatic rings. The van der Waals surface area contributed by atoms with Crippen LogP contribution in [0.4, 0.5) is 5.82 Å². The van der Waals surface area contributed by atoms with Gasteiger partial charge in [-0.25, -0.2) is 4.98 Å². The number of H-pyrrole nitrogens is 1. The molecule has 0 aromatic carbocycles. The number of nitrogens with one attached hydrogen (secondary N) is 2. The summed E-state index contributed by atoms with van der Waals surface area (Å²) in [6.45, 7) is 1.84. The van der Waals surface area contributed by atoms with Crippen LogP contribution in [0.5, 0.6) is 0 Å². The third kappa shape index (κ3) is 2.94. The van der Waals surface area contributed by atoms with E-state index >= 15 is 0 Å². The van der Waals surface area contributed by atoms with Crippen LogP contribution in [0.1, 0.15) is 11.1 Å². The number of pyridine rings is 1. The largest absolute Gasteiger partial charge is 0.326 e. The molecule has 2 heterocycles. The molecule has 0 aliphatic rings. The summed E-state index contributed by atoms with van der Waals surface area (Å²) in [4.78, 5) is 4.03. The summed E-state index contributed by atoms with van der Waals surface area (Å²) in [7, 11) is -3.77. The fourth-order valence-corrected chi connectivity index (χ4v) is 3.17. The maximum Gasteiger partial charge on any atom is 0.280 e. The lowest BCUT2D eigenvalue weighted by Crippen LogP contribution is -2.17. The van der Waals surface area contributed by atoms with Crippen molar-refractivity contribution in [3.63, 3.8) is 0 Å². The Bertz CT molecular complexity index is 698. The number of halogens is 1. The van der Waals surface area contributed by atoms with Crippen LogP contribution >= 0.6 is 15.9 Å². The molecule has 19 heavy (non-hydrogen) atoms. The molecular formula is C10H12BrN5O2S. The number of aromatic nitrogens is 3. The van der Waals surface area contributed by atoms with E-state index in [0.29, 0.717) is 11.1 Å². The van der Waals surface area contributed by atoms with Crippen molar-refractivity contribution in [2.45, 2.75) is 18.5 Å². The Labute approximate surface area is 118 Å². The predicted octanol–water partition coefficient (Wildman–Crippen LogP) is 1.14. The third-order valence-electron chi connectivity index (χ3n) is 2.44. The number of nitrogens with zero attached hydrogens (tertiary/aromatic N) is 2. The molecule has 0 radical (unpaired) electrons. The average Bonchev–Trinajstić information content (AvgIpc) is 2.82. The minimum absolute atomic E-state index is 0.0425. The first-order chi connectivity index (χ1) is 8.94.